The molecule has 21 heteroatoms. The zero-order valence-corrected chi connectivity index (χ0v) is 23.5. The number of ether oxygens (including phenoxy) is 7. The summed E-state index contributed by atoms with van der Waals surface area (Å²) in [5.74, 6) is 0. The topological polar surface area (TPSA) is 348 Å². The summed E-state index contributed by atoms with van der Waals surface area (Å²) in [5, 5.41) is 143. The third-order valence-corrected chi connectivity index (χ3v) is 8.19. The molecule has 0 bridgehead atoms. The number of aliphatic hydroxyl groups is 14. The Labute approximate surface area is 254 Å². The minimum absolute atomic E-state index is 0.810. The van der Waals surface area contributed by atoms with Crippen molar-refractivity contribution >= 4 is 0 Å². The molecule has 0 saturated carbocycles. The second-order valence-corrected chi connectivity index (χ2v) is 11.1. The number of hydrogen-bond donors (Lipinski definition) is 14. The SMILES string of the molecule is OC[C@H]1O[C@@H](O[C@@H]2[C@@H](O)[C@@H](O[C@H]3O[C@H](CO)[C@@H](O)[C@H](O[C@@H]4O[C@H](CO)[C@@H](O)[C@H](O)[C@H]4O)[C@H]3O)O[C@H](CO)[C@H]2O)[C@H](O)[C@@H](O)[C@@H]1O. The van der Waals surface area contributed by atoms with E-state index in [2.05, 4.69) is 0 Å². The molecule has 0 aliphatic carbocycles. The van der Waals surface area contributed by atoms with Gasteiger partial charge in [-0.15, -0.1) is 0 Å². The maximum Gasteiger partial charge on any atom is 0.189 e. The van der Waals surface area contributed by atoms with E-state index in [-0.39, 0.29) is 0 Å². The van der Waals surface area contributed by atoms with Gasteiger partial charge < -0.3 is 105 Å². The van der Waals surface area contributed by atoms with E-state index >= 15 is 0 Å². The highest BCUT2D eigenvalue weighted by Crippen LogP contribution is 2.34. The van der Waals surface area contributed by atoms with E-state index in [9.17, 15) is 71.5 Å². The molecule has 21 nitrogen and oxygen atoms in total. The molecule has 4 fully saturated rings. The van der Waals surface area contributed by atoms with Crippen LogP contribution < -0.4 is 0 Å². The fraction of sp³-hybridized carbons (Fsp3) is 1.00. The van der Waals surface area contributed by atoms with E-state index in [1.165, 1.54) is 0 Å². The molecule has 0 radical (unpaired) electrons. The quantitative estimate of drug-likeness (QED) is 0.103. The van der Waals surface area contributed by atoms with Crippen LogP contribution in [0.5, 0.6) is 0 Å². The zero-order chi connectivity index (χ0) is 33.3. The maximum absolute atomic E-state index is 11.0. The Bertz CT molecular complexity index is 844. The molecule has 45 heavy (non-hydrogen) atoms. The van der Waals surface area contributed by atoms with E-state index in [4.69, 9.17) is 33.2 Å². The Morgan fingerprint density at radius 2 is 0.578 bits per heavy atom. The molecule has 4 heterocycles. The summed E-state index contributed by atoms with van der Waals surface area (Å²) in [4.78, 5) is 0. The largest absolute Gasteiger partial charge is 0.394 e. The van der Waals surface area contributed by atoms with E-state index in [0.29, 0.717) is 0 Å². The average Bonchev–Trinajstić information content (AvgIpc) is 3.03. The van der Waals surface area contributed by atoms with Gasteiger partial charge in [0.05, 0.1) is 26.4 Å². The van der Waals surface area contributed by atoms with Gasteiger partial charge in [-0.05, 0) is 0 Å². The first kappa shape index (κ1) is 37.0. The molecule has 0 amide bonds. The van der Waals surface area contributed by atoms with Gasteiger partial charge in [-0.1, -0.05) is 0 Å². The van der Waals surface area contributed by atoms with Crippen molar-refractivity contribution in [2.45, 2.75) is 123 Å². The van der Waals surface area contributed by atoms with Crippen LogP contribution in [0.3, 0.4) is 0 Å². The summed E-state index contributed by atoms with van der Waals surface area (Å²) >= 11 is 0. The van der Waals surface area contributed by atoms with Gasteiger partial charge in [0.15, 0.2) is 25.2 Å². The van der Waals surface area contributed by atoms with E-state index in [1.54, 1.807) is 0 Å². The molecule has 264 valence electrons. The van der Waals surface area contributed by atoms with Crippen LogP contribution >= 0.6 is 0 Å². The van der Waals surface area contributed by atoms with Gasteiger partial charge in [0, 0.05) is 0 Å². The van der Waals surface area contributed by atoms with Crippen molar-refractivity contribution in [3.8, 4) is 0 Å². The first-order chi connectivity index (χ1) is 21.3. The first-order valence-corrected chi connectivity index (χ1v) is 14.1. The van der Waals surface area contributed by atoms with Crippen LogP contribution in [-0.2, 0) is 33.2 Å². The third-order valence-electron chi connectivity index (χ3n) is 8.19. The highest BCUT2D eigenvalue weighted by molar-refractivity contribution is 4.97. The molecule has 14 N–H and O–H groups in total. The summed E-state index contributed by atoms with van der Waals surface area (Å²) < 4.78 is 37.8. The molecule has 4 aliphatic rings. The molecule has 4 aliphatic heterocycles. The van der Waals surface area contributed by atoms with Crippen molar-refractivity contribution in [3.05, 3.63) is 0 Å². The van der Waals surface area contributed by atoms with Crippen molar-refractivity contribution < 1.29 is 105 Å². The van der Waals surface area contributed by atoms with E-state index in [0.717, 1.165) is 0 Å². The summed E-state index contributed by atoms with van der Waals surface area (Å²) in [7, 11) is 0. The third kappa shape index (κ3) is 7.44. The molecule has 0 aromatic heterocycles. The standard InChI is InChI=1S/C24H42O21/c25-1-5-9(29)13(33)15(35)21(39-5)43-19-11(31)7(3-27)41-23(17(19)37)45-24-18(38)20(12(32)8(4-28)42-24)44-22-16(36)14(34)10(30)6(2-26)40-22/h5-38H,1-4H2/t5-,6-,7-,8-,9-,10-,11-,12-,13+,14+,15-,16-,17-,18-,19+,20+,21+,22+,23-,24-/m1/s1. The zero-order valence-electron chi connectivity index (χ0n) is 23.5. The van der Waals surface area contributed by atoms with Crippen molar-refractivity contribution in [1.82, 2.24) is 0 Å². The predicted octanol–water partition coefficient (Wildman–Crippen LogP) is -9.75. The lowest BCUT2D eigenvalue weighted by Crippen LogP contribution is -2.67. The normalized spacial score (nSPS) is 52.9. The van der Waals surface area contributed by atoms with Crippen LogP contribution in [0.25, 0.3) is 0 Å². The summed E-state index contributed by atoms with van der Waals surface area (Å²) in [5.41, 5.74) is 0. The van der Waals surface area contributed by atoms with E-state index < -0.39 is 149 Å². The molecule has 20 atom stereocenters. The fourth-order valence-corrected chi connectivity index (χ4v) is 5.45. The monoisotopic (exact) mass is 666 g/mol. The lowest BCUT2D eigenvalue weighted by molar-refractivity contribution is -0.402. The smallest absolute Gasteiger partial charge is 0.189 e. The molecule has 0 unspecified atom stereocenters. The van der Waals surface area contributed by atoms with Gasteiger partial charge in [0.25, 0.3) is 0 Å². The molecule has 0 spiro atoms. The van der Waals surface area contributed by atoms with Crippen molar-refractivity contribution in [2.24, 2.45) is 0 Å². The molecule has 0 aromatic rings. The van der Waals surface area contributed by atoms with Crippen LogP contribution in [-0.4, -0.2) is 221 Å². The van der Waals surface area contributed by atoms with Gasteiger partial charge in [-0.3, -0.25) is 0 Å². The molecule has 0 aromatic carbocycles. The van der Waals surface area contributed by atoms with Crippen LogP contribution in [0.1, 0.15) is 0 Å². The lowest BCUT2D eigenvalue weighted by Gasteiger charge is -2.48. The van der Waals surface area contributed by atoms with Crippen LogP contribution in [0.4, 0.5) is 0 Å². The highest BCUT2D eigenvalue weighted by Gasteiger charge is 2.55. The van der Waals surface area contributed by atoms with Gasteiger partial charge in [0.1, 0.15) is 97.7 Å². The maximum atomic E-state index is 11.0. The Morgan fingerprint density at radius 1 is 0.311 bits per heavy atom. The van der Waals surface area contributed by atoms with Gasteiger partial charge in [0.2, 0.25) is 0 Å². The molecular formula is C24H42O21. The summed E-state index contributed by atoms with van der Waals surface area (Å²) in [6, 6.07) is 0. The van der Waals surface area contributed by atoms with E-state index in [1.807, 2.05) is 0 Å². The Hall–Kier alpha value is -0.840. The first-order valence-electron chi connectivity index (χ1n) is 14.1. The highest BCUT2D eigenvalue weighted by atomic mass is 16.8. The molecule has 4 rings (SSSR count). The predicted molar refractivity (Wildman–Crippen MR) is 134 cm³/mol. The van der Waals surface area contributed by atoms with Crippen LogP contribution in [0, 0.1) is 0 Å². The van der Waals surface area contributed by atoms with Gasteiger partial charge >= 0.3 is 0 Å². The van der Waals surface area contributed by atoms with Crippen LogP contribution in [0.15, 0.2) is 0 Å². The van der Waals surface area contributed by atoms with Crippen molar-refractivity contribution in [3.63, 3.8) is 0 Å². The van der Waals surface area contributed by atoms with Crippen LogP contribution in [0.2, 0.25) is 0 Å². The number of rotatable bonds is 10. The van der Waals surface area contributed by atoms with Gasteiger partial charge in [-0.2, -0.15) is 0 Å². The lowest BCUT2D eigenvalue weighted by atomic mass is 9.96. The summed E-state index contributed by atoms with van der Waals surface area (Å²) in [6.45, 7) is -3.40. The minimum Gasteiger partial charge on any atom is -0.394 e. The van der Waals surface area contributed by atoms with Crippen molar-refractivity contribution in [2.75, 3.05) is 26.4 Å². The minimum atomic E-state index is -2.03. The summed E-state index contributed by atoms with van der Waals surface area (Å²) in [6.07, 6.45) is -35.9. The molecule has 4 saturated heterocycles. The second-order valence-electron chi connectivity index (χ2n) is 11.1. The second kappa shape index (κ2) is 15.6. The Kier molecular flexibility index (Phi) is 12.8. The Balaban J connectivity index is 1.51. The Morgan fingerprint density at radius 3 is 0.867 bits per heavy atom. The van der Waals surface area contributed by atoms with Gasteiger partial charge in [-0.25, -0.2) is 0 Å². The fourth-order valence-electron chi connectivity index (χ4n) is 5.45. The molecular weight excluding hydrogens is 624 g/mol. The average molecular weight is 667 g/mol. The number of hydrogen-bond acceptors (Lipinski definition) is 21. The number of aliphatic hydroxyl groups excluding tert-OH is 14. The van der Waals surface area contributed by atoms with Crippen molar-refractivity contribution in [1.29, 1.82) is 0 Å².